The maximum Gasteiger partial charge on any atom is 0.343 e. The summed E-state index contributed by atoms with van der Waals surface area (Å²) in [4.78, 5) is 42.8. The van der Waals surface area contributed by atoms with Crippen molar-refractivity contribution in [3.8, 4) is 11.5 Å². The number of rotatable bonds is 8. The first kappa shape index (κ1) is 28.0. The zero-order chi connectivity index (χ0) is 28.9. The molecule has 0 saturated carbocycles. The van der Waals surface area contributed by atoms with Gasteiger partial charge in [-0.3, -0.25) is 9.59 Å². The van der Waals surface area contributed by atoms with E-state index in [1.54, 1.807) is 91.0 Å². The van der Waals surface area contributed by atoms with Crippen molar-refractivity contribution in [2.75, 3.05) is 16.4 Å². The normalized spacial score (nSPS) is 13.4. The Hall–Kier alpha value is -4.51. The summed E-state index contributed by atoms with van der Waals surface area (Å²) in [5.74, 6) is -1.09. The van der Waals surface area contributed by atoms with Crippen molar-refractivity contribution in [3.63, 3.8) is 0 Å². The van der Waals surface area contributed by atoms with Crippen molar-refractivity contribution >= 4 is 57.9 Å². The van der Waals surface area contributed by atoms with Gasteiger partial charge >= 0.3 is 6.03 Å². The quantitative estimate of drug-likeness (QED) is 0.116. The summed E-state index contributed by atoms with van der Waals surface area (Å²) in [6, 6.07) is 25.8. The number of hydrogen-bond donors (Lipinski definition) is 0. The lowest BCUT2D eigenvalue weighted by Crippen LogP contribution is -2.57. The Kier molecular flexibility index (Phi) is 8.44. The molecule has 206 valence electrons. The summed E-state index contributed by atoms with van der Waals surface area (Å²) >= 11 is 2.06. The molecule has 4 amide bonds. The highest BCUT2D eigenvalue weighted by Gasteiger charge is 2.43. The van der Waals surface area contributed by atoms with Crippen LogP contribution in [-0.4, -0.2) is 24.5 Å². The molecule has 1 aliphatic heterocycles. The Morgan fingerprint density at radius 2 is 1.34 bits per heavy atom. The van der Waals surface area contributed by atoms with Crippen molar-refractivity contribution in [1.29, 1.82) is 0 Å². The highest BCUT2D eigenvalue weighted by atomic mass is 127. The molecule has 0 atom stereocenters. The molecule has 0 spiro atoms. The molecule has 0 aromatic heterocycles. The van der Waals surface area contributed by atoms with Crippen LogP contribution in [0.1, 0.15) is 18.1 Å². The van der Waals surface area contributed by atoms with Gasteiger partial charge in [-0.2, -0.15) is 0 Å². The van der Waals surface area contributed by atoms with E-state index in [1.165, 1.54) is 12.1 Å². The lowest BCUT2D eigenvalue weighted by Gasteiger charge is -2.34. The van der Waals surface area contributed by atoms with Crippen LogP contribution < -0.4 is 19.3 Å². The molecule has 7 nitrogen and oxygen atoms in total. The molecular weight excluding hydrogens is 638 g/mol. The SMILES string of the molecule is CCOc1cc(C=C2C(=O)N(c3ccccc3)C(=O)N(c3ccccc3)C2=O)cc(I)c1OCc1ccccc1F. The van der Waals surface area contributed by atoms with Gasteiger partial charge in [0.25, 0.3) is 11.8 Å². The van der Waals surface area contributed by atoms with Crippen LogP contribution in [-0.2, 0) is 16.2 Å². The number of barbiturate groups is 1. The number of ether oxygens (including phenoxy) is 2. The van der Waals surface area contributed by atoms with E-state index >= 15 is 0 Å². The van der Waals surface area contributed by atoms with E-state index in [0.29, 0.717) is 44.2 Å². The average Bonchev–Trinajstić information content (AvgIpc) is 2.97. The van der Waals surface area contributed by atoms with Gasteiger partial charge in [-0.1, -0.05) is 54.6 Å². The Labute approximate surface area is 249 Å². The van der Waals surface area contributed by atoms with Gasteiger partial charge < -0.3 is 9.47 Å². The monoisotopic (exact) mass is 662 g/mol. The molecule has 1 fully saturated rings. The summed E-state index contributed by atoms with van der Waals surface area (Å²) in [5, 5.41) is 0. The zero-order valence-corrected chi connectivity index (χ0v) is 24.1. The molecule has 1 saturated heterocycles. The first-order valence-corrected chi connectivity index (χ1v) is 13.8. The van der Waals surface area contributed by atoms with Gasteiger partial charge in [0.1, 0.15) is 18.0 Å². The minimum absolute atomic E-state index is 0.0136. The van der Waals surface area contributed by atoms with Crippen LogP contribution in [0.3, 0.4) is 0 Å². The molecule has 5 rings (SSSR count). The Balaban J connectivity index is 1.56. The van der Waals surface area contributed by atoms with Crippen LogP contribution in [0, 0.1) is 9.39 Å². The molecular formula is C32H24FIN2O5. The van der Waals surface area contributed by atoms with E-state index in [4.69, 9.17) is 9.47 Å². The maximum absolute atomic E-state index is 14.2. The topological polar surface area (TPSA) is 76.2 Å². The van der Waals surface area contributed by atoms with E-state index in [1.807, 2.05) is 6.92 Å². The predicted octanol–water partition coefficient (Wildman–Crippen LogP) is 6.99. The Morgan fingerprint density at radius 1 is 0.780 bits per heavy atom. The van der Waals surface area contributed by atoms with E-state index in [-0.39, 0.29) is 18.0 Å². The zero-order valence-electron chi connectivity index (χ0n) is 21.9. The number of imide groups is 2. The van der Waals surface area contributed by atoms with E-state index in [9.17, 15) is 18.8 Å². The largest absolute Gasteiger partial charge is 0.490 e. The van der Waals surface area contributed by atoms with Crippen molar-refractivity contribution in [3.05, 3.63) is 123 Å². The highest BCUT2D eigenvalue weighted by molar-refractivity contribution is 14.1. The van der Waals surface area contributed by atoms with Crippen LogP contribution in [0.25, 0.3) is 6.08 Å². The smallest absolute Gasteiger partial charge is 0.343 e. The minimum Gasteiger partial charge on any atom is -0.490 e. The second kappa shape index (κ2) is 12.3. The number of carbonyl (C=O) groups is 3. The van der Waals surface area contributed by atoms with E-state index in [0.717, 1.165) is 9.80 Å². The summed E-state index contributed by atoms with van der Waals surface area (Å²) < 4.78 is 26.6. The third-order valence-corrected chi connectivity index (χ3v) is 7.05. The van der Waals surface area contributed by atoms with Gasteiger partial charge in [0.2, 0.25) is 0 Å². The number of para-hydroxylation sites is 2. The van der Waals surface area contributed by atoms with Gasteiger partial charge in [0.05, 0.1) is 21.6 Å². The fourth-order valence-electron chi connectivity index (χ4n) is 4.35. The number of anilines is 2. The average molecular weight is 662 g/mol. The standard InChI is InChI=1S/C32H24FIN2O5/c1-2-40-28-19-21(18-27(34)29(28)41-20-22-11-9-10-16-26(22)33)17-25-30(37)35(23-12-5-3-6-13-23)32(39)36(31(25)38)24-14-7-4-8-15-24/h3-19H,2,20H2,1H3. The molecule has 0 unspecified atom stereocenters. The molecule has 1 aliphatic rings. The highest BCUT2D eigenvalue weighted by Crippen LogP contribution is 2.37. The Bertz CT molecular complexity index is 1580. The molecule has 41 heavy (non-hydrogen) atoms. The van der Waals surface area contributed by atoms with Gasteiger partial charge in [0.15, 0.2) is 11.5 Å². The van der Waals surface area contributed by atoms with Crippen molar-refractivity contribution in [2.24, 2.45) is 0 Å². The van der Waals surface area contributed by atoms with Crippen LogP contribution in [0.2, 0.25) is 0 Å². The van der Waals surface area contributed by atoms with Gasteiger partial charge in [0, 0.05) is 5.56 Å². The molecule has 9 heteroatoms. The number of amides is 4. The maximum atomic E-state index is 14.2. The van der Waals surface area contributed by atoms with Crippen molar-refractivity contribution in [2.45, 2.75) is 13.5 Å². The molecule has 1 heterocycles. The number of hydrogen-bond acceptors (Lipinski definition) is 5. The third kappa shape index (κ3) is 5.85. The summed E-state index contributed by atoms with van der Waals surface area (Å²) in [6.45, 7) is 2.12. The van der Waals surface area contributed by atoms with Gasteiger partial charge in [-0.25, -0.2) is 19.0 Å². The molecule has 0 aliphatic carbocycles. The van der Waals surface area contributed by atoms with E-state index < -0.39 is 17.8 Å². The lowest BCUT2D eigenvalue weighted by molar-refractivity contribution is -0.121. The third-order valence-electron chi connectivity index (χ3n) is 6.25. The second-order valence-corrected chi connectivity index (χ2v) is 10.1. The first-order chi connectivity index (χ1) is 19.9. The lowest BCUT2D eigenvalue weighted by atomic mass is 10.0. The van der Waals surface area contributed by atoms with Crippen molar-refractivity contribution in [1.82, 2.24) is 0 Å². The number of halogens is 2. The molecule has 0 bridgehead atoms. The van der Waals surface area contributed by atoms with Crippen molar-refractivity contribution < 1.29 is 28.2 Å². The van der Waals surface area contributed by atoms with Crippen LogP contribution in [0.4, 0.5) is 20.6 Å². The first-order valence-electron chi connectivity index (χ1n) is 12.8. The fourth-order valence-corrected chi connectivity index (χ4v) is 5.13. The van der Waals surface area contributed by atoms with Gasteiger partial charge in [-0.15, -0.1) is 0 Å². The van der Waals surface area contributed by atoms with Gasteiger partial charge in [-0.05, 0) is 83.6 Å². The van der Waals surface area contributed by atoms with Crippen LogP contribution >= 0.6 is 22.6 Å². The molecule has 4 aromatic rings. The second-order valence-electron chi connectivity index (χ2n) is 8.94. The van der Waals surface area contributed by atoms with Crippen LogP contribution in [0.5, 0.6) is 11.5 Å². The Morgan fingerprint density at radius 3 is 1.90 bits per heavy atom. The molecule has 4 aromatic carbocycles. The predicted molar refractivity (Wildman–Crippen MR) is 162 cm³/mol. The number of benzene rings is 4. The summed E-state index contributed by atoms with van der Waals surface area (Å²) in [7, 11) is 0. The summed E-state index contributed by atoms with van der Waals surface area (Å²) in [5.41, 5.74) is 1.35. The number of carbonyl (C=O) groups excluding carboxylic acids is 3. The summed E-state index contributed by atoms with van der Waals surface area (Å²) in [6.07, 6.45) is 1.44. The fraction of sp³-hybridized carbons (Fsp3) is 0.0938. The number of urea groups is 1. The molecule has 0 N–H and O–H groups in total. The minimum atomic E-state index is -0.768. The van der Waals surface area contributed by atoms with E-state index in [2.05, 4.69) is 22.6 Å². The van der Waals surface area contributed by atoms with Crippen LogP contribution in [0.15, 0.2) is 103 Å². The number of nitrogens with zero attached hydrogens (tertiary/aromatic N) is 2. The molecule has 0 radical (unpaired) electrons.